The summed E-state index contributed by atoms with van der Waals surface area (Å²) in [6, 6.07) is 10.0. The van der Waals surface area contributed by atoms with E-state index in [2.05, 4.69) is 21.5 Å². The molecule has 142 valence electrons. The third-order valence-corrected chi connectivity index (χ3v) is 5.61. The highest BCUT2D eigenvalue weighted by atomic mass is 16.4. The average molecular weight is 374 g/mol. The van der Waals surface area contributed by atoms with E-state index < -0.39 is 0 Å². The molecule has 1 aromatic carbocycles. The molecule has 1 fully saturated rings. The molecule has 0 amide bonds. The van der Waals surface area contributed by atoms with Gasteiger partial charge >= 0.3 is 5.63 Å². The lowest BCUT2D eigenvalue weighted by Crippen LogP contribution is -2.26. The number of rotatable bonds is 2. The van der Waals surface area contributed by atoms with Crippen molar-refractivity contribution >= 4 is 16.5 Å². The van der Waals surface area contributed by atoms with E-state index in [1.807, 2.05) is 44.3 Å². The van der Waals surface area contributed by atoms with E-state index in [4.69, 9.17) is 4.42 Å². The van der Waals surface area contributed by atoms with Crippen molar-refractivity contribution in [3.05, 3.63) is 63.9 Å². The Morgan fingerprint density at radius 3 is 2.79 bits per heavy atom. The molecule has 6 heteroatoms. The summed E-state index contributed by atoms with van der Waals surface area (Å²) in [5.74, 6) is 0.521. The van der Waals surface area contributed by atoms with Gasteiger partial charge in [-0.15, -0.1) is 0 Å². The third-order valence-electron chi connectivity index (χ3n) is 5.61. The van der Waals surface area contributed by atoms with E-state index in [1.54, 1.807) is 4.52 Å². The Kier molecular flexibility index (Phi) is 4.02. The molecule has 4 aromatic rings. The van der Waals surface area contributed by atoms with Crippen LogP contribution in [0.1, 0.15) is 35.7 Å². The minimum absolute atomic E-state index is 0.360. The minimum atomic E-state index is -0.360. The lowest BCUT2D eigenvalue weighted by Gasteiger charge is -2.23. The summed E-state index contributed by atoms with van der Waals surface area (Å²) in [5, 5.41) is 8.87. The highest BCUT2D eigenvalue weighted by Gasteiger charge is 2.17. The molecule has 0 bridgehead atoms. The molecule has 6 nitrogen and oxygen atoms in total. The first-order chi connectivity index (χ1) is 13.6. The first-order valence-corrected chi connectivity index (χ1v) is 9.71. The zero-order valence-corrected chi connectivity index (χ0v) is 16.0. The lowest BCUT2D eigenvalue weighted by atomic mass is 9.90. The first-order valence-electron chi connectivity index (χ1n) is 9.71. The molecule has 1 aliphatic heterocycles. The van der Waals surface area contributed by atoms with Gasteiger partial charge in [0.25, 0.3) is 0 Å². The average Bonchev–Trinajstić information content (AvgIpc) is 3.12. The molecular formula is C22H22N4O2. The van der Waals surface area contributed by atoms with Crippen molar-refractivity contribution in [1.82, 2.24) is 19.9 Å². The molecule has 1 aliphatic rings. The van der Waals surface area contributed by atoms with Crippen molar-refractivity contribution in [1.29, 1.82) is 0 Å². The van der Waals surface area contributed by atoms with Crippen LogP contribution in [0.15, 0.2) is 45.7 Å². The Morgan fingerprint density at radius 1 is 1.14 bits per heavy atom. The molecule has 1 saturated heterocycles. The Labute approximate surface area is 162 Å². The van der Waals surface area contributed by atoms with Crippen molar-refractivity contribution < 1.29 is 4.42 Å². The monoisotopic (exact) mass is 374 g/mol. The molecular weight excluding hydrogens is 352 g/mol. The second-order valence-corrected chi connectivity index (χ2v) is 7.60. The number of hydrogen-bond donors (Lipinski definition) is 1. The van der Waals surface area contributed by atoms with Crippen molar-refractivity contribution in [3.63, 3.8) is 0 Å². The molecule has 3 aromatic heterocycles. The van der Waals surface area contributed by atoms with Gasteiger partial charge in [-0.2, -0.15) is 5.10 Å². The van der Waals surface area contributed by atoms with E-state index in [-0.39, 0.29) is 5.63 Å². The van der Waals surface area contributed by atoms with Gasteiger partial charge in [-0.05, 0) is 69.5 Å². The normalized spacial score (nSPS) is 15.5. The summed E-state index contributed by atoms with van der Waals surface area (Å²) >= 11 is 0. The van der Waals surface area contributed by atoms with E-state index in [1.165, 1.54) is 5.56 Å². The molecule has 0 unspecified atom stereocenters. The predicted molar refractivity (Wildman–Crippen MR) is 109 cm³/mol. The van der Waals surface area contributed by atoms with Gasteiger partial charge in [0.15, 0.2) is 0 Å². The highest BCUT2D eigenvalue weighted by molar-refractivity contribution is 5.82. The van der Waals surface area contributed by atoms with Gasteiger partial charge in [0.05, 0.1) is 28.7 Å². The van der Waals surface area contributed by atoms with Crippen molar-refractivity contribution in [2.75, 3.05) is 13.1 Å². The molecule has 0 saturated carbocycles. The van der Waals surface area contributed by atoms with Crippen LogP contribution in [0.3, 0.4) is 0 Å². The van der Waals surface area contributed by atoms with Gasteiger partial charge in [0.1, 0.15) is 11.3 Å². The summed E-state index contributed by atoms with van der Waals surface area (Å²) in [4.78, 5) is 17.2. The summed E-state index contributed by atoms with van der Waals surface area (Å²) in [6.07, 6.45) is 4.09. The van der Waals surface area contributed by atoms with E-state index in [0.29, 0.717) is 22.8 Å². The number of nitrogens with zero attached hydrogens (tertiary/aromatic N) is 3. The number of hydrogen-bond acceptors (Lipinski definition) is 5. The quantitative estimate of drug-likeness (QED) is 0.543. The standard InChI is InChI=1S/C22H22N4O2/c1-13-12-26-20(14(2)24-13)11-19(25-26)18-9-17-4-3-16(10-21(17)28-22(18)27)15-5-7-23-8-6-15/h3-4,9-12,15,23H,5-8H2,1-2H3. The van der Waals surface area contributed by atoms with Crippen LogP contribution in [-0.4, -0.2) is 27.7 Å². The maximum absolute atomic E-state index is 12.7. The SMILES string of the molecule is Cc1cn2nc(-c3cc4ccc(C5CCNCC5)cc4oc3=O)cc2c(C)n1. The zero-order valence-electron chi connectivity index (χ0n) is 16.0. The van der Waals surface area contributed by atoms with Crippen LogP contribution >= 0.6 is 0 Å². The maximum atomic E-state index is 12.7. The lowest BCUT2D eigenvalue weighted by molar-refractivity contribution is 0.460. The van der Waals surface area contributed by atoms with Crippen molar-refractivity contribution in [3.8, 4) is 11.3 Å². The Balaban J connectivity index is 1.60. The summed E-state index contributed by atoms with van der Waals surface area (Å²) in [5.41, 5.74) is 5.27. The summed E-state index contributed by atoms with van der Waals surface area (Å²) in [6.45, 7) is 5.94. The topological polar surface area (TPSA) is 72.4 Å². The van der Waals surface area contributed by atoms with Crippen LogP contribution in [0.25, 0.3) is 27.7 Å². The van der Waals surface area contributed by atoms with Crippen LogP contribution in [0.2, 0.25) is 0 Å². The van der Waals surface area contributed by atoms with Crippen LogP contribution in [-0.2, 0) is 0 Å². The van der Waals surface area contributed by atoms with Crippen LogP contribution in [0.4, 0.5) is 0 Å². The summed E-state index contributed by atoms with van der Waals surface area (Å²) in [7, 11) is 0. The summed E-state index contributed by atoms with van der Waals surface area (Å²) < 4.78 is 7.47. The van der Waals surface area contributed by atoms with Crippen molar-refractivity contribution in [2.45, 2.75) is 32.6 Å². The third kappa shape index (κ3) is 2.90. The fourth-order valence-corrected chi connectivity index (χ4v) is 4.14. The Hall–Kier alpha value is -2.99. The fourth-order valence-electron chi connectivity index (χ4n) is 4.14. The molecule has 28 heavy (non-hydrogen) atoms. The van der Waals surface area contributed by atoms with Gasteiger partial charge in [0.2, 0.25) is 0 Å². The van der Waals surface area contributed by atoms with Crippen LogP contribution in [0.5, 0.6) is 0 Å². The molecule has 1 N–H and O–H groups in total. The van der Waals surface area contributed by atoms with Gasteiger partial charge in [-0.1, -0.05) is 12.1 Å². The van der Waals surface area contributed by atoms with Crippen LogP contribution in [0, 0.1) is 13.8 Å². The molecule has 0 atom stereocenters. The molecule has 0 radical (unpaired) electrons. The second kappa shape index (κ2) is 6.56. The van der Waals surface area contributed by atoms with Gasteiger partial charge in [-0.25, -0.2) is 9.31 Å². The smallest absolute Gasteiger partial charge is 0.345 e. The number of benzene rings is 1. The van der Waals surface area contributed by atoms with E-state index in [9.17, 15) is 4.79 Å². The number of piperidine rings is 1. The van der Waals surface area contributed by atoms with E-state index >= 15 is 0 Å². The van der Waals surface area contributed by atoms with Crippen LogP contribution < -0.4 is 10.9 Å². The molecule has 4 heterocycles. The highest BCUT2D eigenvalue weighted by Crippen LogP contribution is 2.29. The first kappa shape index (κ1) is 17.1. The fraction of sp³-hybridized carbons (Fsp3) is 0.318. The number of aryl methyl sites for hydroxylation is 2. The number of nitrogens with one attached hydrogen (secondary N) is 1. The van der Waals surface area contributed by atoms with E-state index in [0.717, 1.165) is 48.2 Å². The number of aromatic nitrogens is 3. The Bertz CT molecular complexity index is 1250. The minimum Gasteiger partial charge on any atom is -0.422 e. The number of fused-ring (bicyclic) bond motifs is 2. The van der Waals surface area contributed by atoms with Gasteiger partial charge < -0.3 is 9.73 Å². The molecule has 0 aliphatic carbocycles. The Morgan fingerprint density at radius 2 is 1.96 bits per heavy atom. The second-order valence-electron chi connectivity index (χ2n) is 7.60. The largest absolute Gasteiger partial charge is 0.422 e. The predicted octanol–water partition coefficient (Wildman–Crippen LogP) is 3.59. The molecule has 5 rings (SSSR count). The van der Waals surface area contributed by atoms with Gasteiger partial charge in [0, 0.05) is 5.39 Å². The van der Waals surface area contributed by atoms with Gasteiger partial charge in [-0.3, -0.25) is 4.98 Å². The maximum Gasteiger partial charge on any atom is 0.345 e. The van der Waals surface area contributed by atoms with Crippen molar-refractivity contribution in [2.24, 2.45) is 0 Å². The molecule has 0 spiro atoms. The zero-order chi connectivity index (χ0) is 19.3.